The molecule has 222 valence electrons. The van der Waals surface area contributed by atoms with E-state index in [1.54, 1.807) is 6.20 Å². The third kappa shape index (κ3) is 5.98. The molecule has 42 heavy (non-hydrogen) atoms. The minimum atomic E-state index is -4.77. The molecule has 2 fully saturated rings. The Kier molecular flexibility index (Phi) is 7.64. The lowest BCUT2D eigenvalue weighted by molar-refractivity contribution is -0.274. The summed E-state index contributed by atoms with van der Waals surface area (Å²) in [5.41, 5.74) is 3.76. The number of anilines is 2. The van der Waals surface area contributed by atoms with Gasteiger partial charge in [-0.3, -0.25) is 4.98 Å². The number of hydrogen-bond acceptors (Lipinski definition) is 11. The third-order valence-corrected chi connectivity index (χ3v) is 8.61. The molecule has 6 rings (SSSR count). The Balaban J connectivity index is 1.31. The third-order valence-electron chi connectivity index (χ3n) is 7.57. The van der Waals surface area contributed by atoms with Gasteiger partial charge in [-0.25, -0.2) is 9.97 Å². The van der Waals surface area contributed by atoms with E-state index >= 15 is 0 Å². The van der Waals surface area contributed by atoms with E-state index in [2.05, 4.69) is 25.3 Å². The maximum Gasteiger partial charge on any atom is 0.573 e. The van der Waals surface area contributed by atoms with E-state index in [-0.39, 0.29) is 24.8 Å². The molecule has 0 unspecified atom stereocenters. The standard InChI is InChI=1S/C28H29F3N6O4S/c1-13-20(26-36-22-19(42-26)8-9-32-21(22)15-4-5-15)25(35-18-10-16(12-38)23(39)24(18)40)37-27(34-13)33-11-14-2-6-17(7-3-14)41-28(29,30)31/h2-3,6-9,15-16,18,23-24,38-40H,4-5,10-12H2,1H3,(H2,33,34,35,37)/t16-,18-,23-,24+/m1/s1. The van der Waals surface area contributed by atoms with Gasteiger partial charge in [0.2, 0.25) is 5.95 Å². The number of thiazole rings is 1. The highest BCUT2D eigenvalue weighted by molar-refractivity contribution is 7.21. The van der Waals surface area contributed by atoms with Crippen LogP contribution in [0.25, 0.3) is 20.8 Å². The van der Waals surface area contributed by atoms with Gasteiger partial charge in [0, 0.05) is 31.2 Å². The summed E-state index contributed by atoms with van der Waals surface area (Å²) in [4.78, 5) is 18.8. The van der Waals surface area contributed by atoms with Gasteiger partial charge in [-0.1, -0.05) is 12.1 Å². The van der Waals surface area contributed by atoms with E-state index in [1.165, 1.54) is 35.6 Å². The molecule has 5 N–H and O–H groups in total. The molecule has 0 spiro atoms. The number of aromatic nitrogens is 4. The highest BCUT2D eigenvalue weighted by Crippen LogP contribution is 2.44. The second kappa shape index (κ2) is 11.2. The highest BCUT2D eigenvalue weighted by atomic mass is 32.1. The first-order valence-electron chi connectivity index (χ1n) is 13.6. The van der Waals surface area contributed by atoms with Crippen molar-refractivity contribution in [3.63, 3.8) is 0 Å². The number of fused-ring (bicyclic) bond motifs is 1. The first-order chi connectivity index (χ1) is 20.1. The van der Waals surface area contributed by atoms with Crippen molar-refractivity contribution in [2.45, 2.75) is 63.3 Å². The van der Waals surface area contributed by atoms with Crippen molar-refractivity contribution in [1.82, 2.24) is 19.9 Å². The molecule has 3 heterocycles. The van der Waals surface area contributed by atoms with Crippen LogP contribution >= 0.6 is 11.3 Å². The molecule has 10 nitrogen and oxygen atoms in total. The van der Waals surface area contributed by atoms with Crippen molar-refractivity contribution in [3.8, 4) is 16.3 Å². The molecular formula is C28H29F3N6O4S. The maximum atomic E-state index is 12.5. The number of alkyl halides is 3. The second-order valence-electron chi connectivity index (χ2n) is 10.6. The van der Waals surface area contributed by atoms with Gasteiger partial charge in [-0.15, -0.1) is 24.5 Å². The Bertz CT molecular complexity index is 1580. The minimum absolute atomic E-state index is 0.222. The molecule has 4 aromatic rings. The molecule has 4 atom stereocenters. The van der Waals surface area contributed by atoms with E-state index < -0.39 is 30.5 Å². The van der Waals surface area contributed by atoms with Crippen LogP contribution in [0.2, 0.25) is 0 Å². The lowest BCUT2D eigenvalue weighted by Crippen LogP contribution is -2.35. The molecule has 1 aromatic carbocycles. The van der Waals surface area contributed by atoms with Crippen LogP contribution < -0.4 is 15.4 Å². The van der Waals surface area contributed by atoms with Gasteiger partial charge in [0.05, 0.1) is 33.8 Å². The zero-order chi connectivity index (χ0) is 29.6. The molecule has 2 aliphatic rings. The molecule has 14 heteroatoms. The number of halogens is 3. The Labute approximate surface area is 242 Å². The van der Waals surface area contributed by atoms with Crippen LogP contribution in [0.15, 0.2) is 36.5 Å². The summed E-state index contributed by atoms with van der Waals surface area (Å²) in [5.74, 6) is 0.255. The highest BCUT2D eigenvalue weighted by Gasteiger charge is 2.41. The largest absolute Gasteiger partial charge is 0.573 e. The predicted molar refractivity (Wildman–Crippen MR) is 150 cm³/mol. The fourth-order valence-corrected chi connectivity index (χ4v) is 6.33. The van der Waals surface area contributed by atoms with E-state index in [1.807, 2.05) is 13.0 Å². The second-order valence-corrected chi connectivity index (χ2v) is 11.7. The number of aliphatic hydroxyl groups is 3. The number of hydrogen-bond donors (Lipinski definition) is 5. The Morgan fingerprint density at radius 3 is 2.48 bits per heavy atom. The molecule has 0 saturated heterocycles. The van der Waals surface area contributed by atoms with Crippen molar-refractivity contribution < 1.29 is 33.2 Å². The lowest BCUT2D eigenvalue weighted by atomic mass is 10.1. The average molecular weight is 603 g/mol. The van der Waals surface area contributed by atoms with Gasteiger partial charge in [0.25, 0.3) is 0 Å². The monoisotopic (exact) mass is 602 g/mol. The normalized spacial score (nSPS) is 22.5. The zero-order valence-corrected chi connectivity index (χ0v) is 23.3. The van der Waals surface area contributed by atoms with Crippen molar-refractivity contribution in [1.29, 1.82) is 0 Å². The molecular weight excluding hydrogens is 573 g/mol. The fourth-order valence-electron chi connectivity index (χ4n) is 5.26. The number of nitrogens with zero attached hydrogens (tertiary/aromatic N) is 4. The summed E-state index contributed by atoms with van der Waals surface area (Å²) in [6, 6.07) is 6.82. The Hall–Kier alpha value is -3.59. The topological polar surface area (TPSA) is 146 Å². The van der Waals surface area contributed by atoms with Crippen LogP contribution in [0.1, 0.15) is 42.1 Å². The van der Waals surface area contributed by atoms with Gasteiger partial charge in [-0.05, 0) is 49.9 Å². The van der Waals surface area contributed by atoms with Crippen molar-refractivity contribution >= 4 is 33.3 Å². The Morgan fingerprint density at radius 2 is 1.81 bits per heavy atom. The van der Waals surface area contributed by atoms with E-state index in [0.717, 1.165) is 28.8 Å². The average Bonchev–Trinajstić information content (AvgIpc) is 3.64. The number of nitrogens with one attached hydrogen (secondary N) is 2. The first-order valence-corrected chi connectivity index (χ1v) is 14.4. The minimum Gasteiger partial charge on any atom is -0.406 e. The fraction of sp³-hybridized carbons (Fsp3) is 0.429. The van der Waals surface area contributed by atoms with Crippen molar-refractivity contribution in [3.05, 3.63) is 53.5 Å². The van der Waals surface area contributed by atoms with Gasteiger partial charge in [-0.2, -0.15) is 4.98 Å². The Morgan fingerprint density at radius 1 is 1.05 bits per heavy atom. The molecule has 2 saturated carbocycles. The number of benzene rings is 1. The molecule has 3 aromatic heterocycles. The SMILES string of the molecule is Cc1nc(NCc2ccc(OC(F)(F)F)cc2)nc(N[C@@H]2C[C@H](CO)[C@@H](O)[C@H]2O)c1-c1nc2c(C3CC3)nccc2s1. The quantitative estimate of drug-likeness (QED) is 0.187. The molecule has 2 aliphatic carbocycles. The van der Waals surface area contributed by atoms with Gasteiger partial charge in [0.15, 0.2) is 0 Å². The number of rotatable bonds is 9. The molecule has 0 aliphatic heterocycles. The van der Waals surface area contributed by atoms with Gasteiger partial charge >= 0.3 is 6.36 Å². The van der Waals surface area contributed by atoms with Crippen LogP contribution in [-0.4, -0.2) is 66.5 Å². The molecule has 0 bridgehead atoms. The van der Waals surface area contributed by atoms with Crippen LogP contribution in [0.4, 0.5) is 24.9 Å². The number of pyridine rings is 1. The van der Waals surface area contributed by atoms with Crippen LogP contribution in [0, 0.1) is 12.8 Å². The number of aryl methyl sites for hydroxylation is 1. The van der Waals surface area contributed by atoms with Crippen molar-refractivity contribution in [2.24, 2.45) is 5.92 Å². The summed E-state index contributed by atoms with van der Waals surface area (Å²) in [6.45, 7) is 1.78. The summed E-state index contributed by atoms with van der Waals surface area (Å²) in [6.07, 6.45) is -2.70. The van der Waals surface area contributed by atoms with Gasteiger partial charge in [0.1, 0.15) is 28.2 Å². The summed E-state index contributed by atoms with van der Waals surface area (Å²) in [5, 5.41) is 37.8. The summed E-state index contributed by atoms with van der Waals surface area (Å²) < 4.78 is 42.4. The van der Waals surface area contributed by atoms with Crippen molar-refractivity contribution in [2.75, 3.05) is 17.2 Å². The number of ether oxygens (including phenoxy) is 1. The predicted octanol–water partition coefficient (Wildman–Crippen LogP) is 4.36. The maximum absolute atomic E-state index is 12.5. The van der Waals surface area contributed by atoms with Crippen LogP contribution in [0.3, 0.4) is 0 Å². The zero-order valence-electron chi connectivity index (χ0n) is 22.5. The first kappa shape index (κ1) is 28.5. The molecule has 0 radical (unpaired) electrons. The van der Waals surface area contributed by atoms with Crippen LogP contribution in [0.5, 0.6) is 5.75 Å². The van der Waals surface area contributed by atoms with E-state index in [0.29, 0.717) is 40.0 Å². The summed E-state index contributed by atoms with van der Waals surface area (Å²) in [7, 11) is 0. The van der Waals surface area contributed by atoms with E-state index in [4.69, 9.17) is 9.97 Å². The lowest BCUT2D eigenvalue weighted by Gasteiger charge is -2.21. The van der Waals surface area contributed by atoms with Gasteiger partial charge < -0.3 is 30.7 Å². The molecule has 0 amide bonds. The smallest absolute Gasteiger partial charge is 0.406 e. The summed E-state index contributed by atoms with van der Waals surface area (Å²) >= 11 is 1.49. The van der Waals surface area contributed by atoms with E-state index in [9.17, 15) is 28.5 Å². The number of aliphatic hydroxyl groups excluding tert-OH is 3. The van der Waals surface area contributed by atoms with Crippen LogP contribution in [-0.2, 0) is 6.54 Å².